The van der Waals surface area contributed by atoms with E-state index in [0.717, 1.165) is 18.4 Å². The Hall–Kier alpha value is -3.68. The maximum Gasteiger partial charge on any atom is 0.331 e. The maximum atomic E-state index is 13.2. The summed E-state index contributed by atoms with van der Waals surface area (Å²) in [5.41, 5.74) is 0.713. The van der Waals surface area contributed by atoms with Gasteiger partial charge in [-0.2, -0.15) is 0 Å². The minimum atomic E-state index is -0.514. The number of nitrogens with one attached hydrogen (secondary N) is 2. The van der Waals surface area contributed by atoms with Gasteiger partial charge in [0.1, 0.15) is 6.54 Å². The number of para-hydroxylation sites is 1. The topological polar surface area (TPSA) is 102 Å². The first kappa shape index (κ1) is 25.9. The summed E-state index contributed by atoms with van der Waals surface area (Å²) in [6, 6.07) is 16.8. The second-order valence-corrected chi connectivity index (χ2v) is 8.76. The predicted octanol–water partition coefficient (Wildman–Crippen LogP) is 2.61. The fourth-order valence-corrected chi connectivity index (χ4v) is 3.92. The van der Waals surface area contributed by atoms with Gasteiger partial charge in [0.15, 0.2) is 0 Å². The molecule has 0 aliphatic heterocycles. The molecule has 1 aromatic heterocycles. The average molecular weight is 479 g/mol. The molecule has 0 bridgehead atoms. The molecule has 2 amide bonds. The van der Waals surface area contributed by atoms with Crippen molar-refractivity contribution in [1.82, 2.24) is 19.8 Å². The number of carbonyl (C=O) groups excluding carboxylic acids is 2. The van der Waals surface area contributed by atoms with Gasteiger partial charge in [0.2, 0.25) is 11.8 Å². The molecule has 0 spiro atoms. The van der Waals surface area contributed by atoms with Crippen molar-refractivity contribution >= 4 is 22.7 Å². The van der Waals surface area contributed by atoms with Gasteiger partial charge in [-0.15, -0.1) is 0 Å². The van der Waals surface area contributed by atoms with Gasteiger partial charge < -0.3 is 10.6 Å². The minimum absolute atomic E-state index is 0.00536. The number of aromatic nitrogens is 2. The Morgan fingerprint density at radius 2 is 1.63 bits per heavy atom. The molecule has 2 N–H and O–H groups in total. The van der Waals surface area contributed by atoms with Gasteiger partial charge in [-0.1, -0.05) is 49.4 Å². The van der Waals surface area contributed by atoms with Gasteiger partial charge in [-0.05, 0) is 50.3 Å². The largest absolute Gasteiger partial charge is 0.356 e. The average Bonchev–Trinajstić information content (AvgIpc) is 2.86. The summed E-state index contributed by atoms with van der Waals surface area (Å²) in [7, 11) is 0. The van der Waals surface area contributed by atoms with Gasteiger partial charge in [-0.3, -0.25) is 23.5 Å². The number of rotatable bonds is 12. The molecule has 35 heavy (non-hydrogen) atoms. The Labute approximate surface area is 205 Å². The van der Waals surface area contributed by atoms with E-state index in [1.54, 1.807) is 24.3 Å². The lowest BCUT2D eigenvalue weighted by Crippen LogP contribution is -2.43. The highest BCUT2D eigenvalue weighted by Gasteiger charge is 2.16. The van der Waals surface area contributed by atoms with Crippen LogP contribution in [0.25, 0.3) is 10.9 Å². The molecule has 0 aliphatic carbocycles. The quantitative estimate of drug-likeness (QED) is 0.391. The van der Waals surface area contributed by atoms with Crippen LogP contribution in [0.5, 0.6) is 0 Å². The van der Waals surface area contributed by atoms with Crippen molar-refractivity contribution in [1.29, 1.82) is 0 Å². The number of nitrogens with zero attached hydrogens (tertiary/aromatic N) is 2. The van der Waals surface area contributed by atoms with Crippen molar-refractivity contribution in [2.24, 2.45) is 0 Å². The Morgan fingerprint density at radius 3 is 2.37 bits per heavy atom. The number of unbranched alkanes of at least 4 members (excludes halogenated alkanes) is 1. The first-order valence-electron chi connectivity index (χ1n) is 12.2. The number of hydrogen-bond acceptors (Lipinski definition) is 4. The van der Waals surface area contributed by atoms with Crippen molar-refractivity contribution in [3.63, 3.8) is 0 Å². The maximum absolute atomic E-state index is 13.2. The number of carbonyl (C=O) groups is 2. The van der Waals surface area contributed by atoms with E-state index in [1.165, 1.54) is 9.13 Å². The van der Waals surface area contributed by atoms with E-state index >= 15 is 0 Å². The van der Waals surface area contributed by atoms with E-state index in [-0.39, 0.29) is 36.5 Å². The van der Waals surface area contributed by atoms with Gasteiger partial charge in [0.25, 0.3) is 5.56 Å². The third-order valence-electron chi connectivity index (χ3n) is 6.07. The predicted molar refractivity (Wildman–Crippen MR) is 137 cm³/mol. The molecule has 8 nitrogen and oxygen atoms in total. The van der Waals surface area contributed by atoms with E-state index in [4.69, 9.17) is 0 Å². The van der Waals surface area contributed by atoms with E-state index < -0.39 is 5.69 Å². The molecule has 0 aliphatic rings. The highest BCUT2D eigenvalue weighted by molar-refractivity contribution is 5.81. The molecule has 0 saturated carbocycles. The molecule has 186 valence electrons. The smallest absolute Gasteiger partial charge is 0.331 e. The van der Waals surface area contributed by atoms with Gasteiger partial charge in [-0.25, -0.2) is 4.79 Å². The lowest BCUT2D eigenvalue weighted by atomic mass is 10.1. The van der Waals surface area contributed by atoms with Crippen molar-refractivity contribution in [2.75, 3.05) is 6.54 Å². The zero-order valence-electron chi connectivity index (χ0n) is 20.5. The molecule has 0 radical (unpaired) electrons. The second-order valence-electron chi connectivity index (χ2n) is 8.76. The molecule has 8 heteroatoms. The summed E-state index contributed by atoms with van der Waals surface area (Å²) < 4.78 is 2.52. The summed E-state index contributed by atoms with van der Waals surface area (Å²) in [5.74, 6) is -0.324. The molecule has 0 fully saturated rings. The third-order valence-corrected chi connectivity index (χ3v) is 6.07. The van der Waals surface area contributed by atoms with Crippen LogP contribution < -0.4 is 21.9 Å². The molecule has 1 heterocycles. The monoisotopic (exact) mass is 478 g/mol. The lowest BCUT2D eigenvalue weighted by Gasteiger charge is -2.16. The summed E-state index contributed by atoms with van der Waals surface area (Å²) in [6.07, 6.45) is 2.91. The SMILES string of the molecule is CC[C@@H](C)NC(=O)Cn1c(=O)n(CCCCC(=O)NCCc2ccccc2)c(=O)c2ccccc21. The molecule has 2 aromatic carbocycles. The molecule has 1 atom stereocenters. The van der Waals surface area contributed by atoms with Crippen LogP contribution in [0.4, 0.5) is 0 Å². The van der Waals surface area contributed by atoms with E-state index in [9.17, 15) is 19.2 Å². The lowest BCUT2D eigenvalue weighted by molar-refractivity contribution is -0.122. The molecular weight excluding hydrogens is 444 g/mol. The highest BCUT2D eigenvalue weighted by Crippen LogP contribution is 2.08. The van der Waals surface area contributed by atoms with E-state index in [1.807, 2.05) is 44.2 Å². The minimum Gasteiger partial charge on any atom is -0.356 e. The van der Waals surface area contributed by atoms with Crippen molar-refractivity contribution < 1.29 is 9.59 Å². The number of hydrogen-bond donors (Lipinski definition) is 2. The van der Waals surface area contributed by atoms with E-state index in [0.29, 0.717) is 36.7 Å². The number of fused-ring (bicyclic) bond motifs is 1. The Bertz CT molecular complexity index is 1260. The zero-order chi connectivity index (χ0) is 25.2. The summed E-state index contributed by atoms with van der Waals surface area (Å²) >= 11 is 0. The van der Waals surface area contributed by atoms with Crippen LogP contribution in [0.15, 0.2) is 64.2 Å². The van der Waals surface area contributed by atoms with Gasteiger partial charge in [0.05, 0.1) is 10.9 Å². The molecule has 0 unspecified atom stereocenters. The van der Waals surface area contributed by atoms with Gasteiger partial charge >= 0.3 is 5.69 Å². The molecule has 3 aromatic rings. The van der Waals surface area contributed by atoms with Gasteiger partial charge in [0, 0.05) is 25.6 Å². The third kappa shape index (κ3) is 7.15. The van der Waals surface area contributed by atoms with Crippen LogP contribution in [0.2, 0.25) is 0 Å². The normalized spacial score (nSPS) is 11.8. The molecule has 3 rings (SSSR count). The van der Waals surface area contributed by atoms with Crippen LogP contribution in [0.1, 0.15) is 45.1 Å². The summed E-state index contributed by atoms with van der Waals surface area (Å²) in [4.78, 5) is 50.8. The molecular formula is C27H34N4O4. The number of benzene rings is 2. The first-order chi connectivity index (χ1) is 16.9. The Morgan fingerprint density at radius 1 is 0.914 bits per heavy atom. The van der Waals surface area contributed by atoms with Crippen LogP contribution >= 0.6 is 0 Å². The Kier molecular flexibility index (Phi) is 9.40. The Balaban J connectivity index is 1.62. The zero-order valence-corrected chi connectivity index (χ0v) is 20.5. The fraction of sp³-hybridized carbons (Fsp3) is 0.407. The highest BCUT2D eigenvalue weighted by atomic mass is 16.2. The van der Waals surface area contributed by atoms with Crippen molar-refractivity contribution in [3.8, 4) is 0 Å². The van der Waals surface area contributed by atoms with Crippen molar-refractivity contribution in [2.45, 2.75) is 65.1 Å². The standard InChI is InChI=1S/C27H34N4O4/c1-3-20(2)29-25(33)19-31-23-14-8-7-13-22(23)26(34)30(27(31)35)18-10-9-15-24(32)28-17-16-21-11-5-4-6-12-21/h4-8,11-14,20H,3,9-10,15-19H2,1-2H3,(H,28,32)(H,29,33)/t20-/m1/s1. The second kappa shape index (κ2) is 12.7. The first-order valence-corrected chi connectivity index (χ1v) is 12.2. The van der Waals surface area contributed by atoms with Crippen LogP contribution in [-0.2, 0) is 29.1 Å². The summed E-state index contributed by atoms with van der Waals surface area (Å²) in [6.45, 7) is 4.46. The summed E-state index contributed by atoms with van der Waals surface area (Å²) in [5, 5.41) is 6.17. The molecule has 0 saturated heterocycles. The van der Waals surface area contributed by atoms with E-state index in [2.05, 4.69) is 10.6 Å². The van der Waals surface area contributed by atoms with Crippen molar-refractivity contribution in [3.05, 3.63) is 81.0 Å². The number of amides is 2. The fourth-order valence-electron chi connectivity index (χ4n) is 3.92. The van der Waals surface area contributed by atoms with Crippen LogP contribution in [-0.4, -0.2) is 33.5 Å². The van der Waals surface area contributed by atoms with Crippen LogP contribution in [0, 0.1) is 0 Å². The van der Waals surface area contributed by atoms with Crippen LogP contribution in [0.3, 0.4) is 0 Å².